The van der Waals surface area contributed by atoms with E-state index < -0.39 is 0 Å². The number of imidazole rings is 1. The van der Waals surface area contributed by atoms with E-state index in [0.29, 0.717) is 13.3 Å². The molecule has 8 nitrogen and oxygen atoms in total. The van der Waals surface area contributed by atoms with Gasteiger partial charge < -0.3 is 24.3 Å². The lowest BCUT2D eigenvalue weighted by Crippen LogP contribution is -2.51. The molecule has 30 heavy (non-hydrogen) atoms. The Morgan fingerprint density at radius 2 is 1.93 bits per heavy atom. The first-order valence-electron chi connectivity index (χ1n) is 10.9. The minimum Gasteiger partial charge on any atom is -0.454 e. The van der Waals surface area contributed by atoms with Crippen molar-refractivity contribution < 1.29 is 14.3 Å². The van der Waals surface area contributed by atoms with E-state index in [-0.39, 0.29) is 6.03 Å². The van der Waals surface area contributed by atoms with Gasteiger partial charge in [0.15, 0.2) is 11.5 Å². The summed E-state index contributed by atoms with van der Waals surface area (Å²) < 4.78 is 13.2. The first-order chi connectivity index (χ1) is 14.7. The molecule has 0 unspecified atom stereocenters. The molecule has 1 N–H and O–H groups in total. The van der Waals surface area contributed by atoms with E-state index in [9.17, 15) is 4.79 Å². The van der Waals surface area contributed by atoms with Crippen molar-refractivity contribution in [3.8, 4) is 11.5 Å². The summed E-state index contributed by atoms with van der Waals surface area (Å²) in [6.45, 7) is 7.96. The number of ether oxygens (including phenoxy) is 2. The van der Waals surface area contributed by atoms with Crippen LogP contribution < -0.4 is 14.8 Å². The lowest BCUT2D eigenvalue weighted by molar-refractivity contribution is 0.135. The fourth-order valence-corrected chi connectivity index (χ4v) is 4.63. The molecule has 5 rings (SSSR count). The van der Waals surface area contributed by atoms with Crippen LogP contribution in [0.3, 0.4) is 0 Å². The summed E-state index contributed by atoms with van der Waals surface area (Å²) in [5.74, 6) is 2.70. The van der Waals surface area contributed by atoms with Crippen LogP contribution in [0, 0.1) is 6.92 Å². The van der Waals surface area contributed by atoms with Crippen molar-refractivity contribution in [2.24, 2.45) is 0 Å². The Balaban J connectivity index is 1.11. The number of nitrogens with one attached hydrogen (secondary N) is 1. The second kappa shape index (κ2) is 8.18. The number of carbonyl (C=O) groups is 1. The van der Waals surface area contributed by atoms with Crippen LogP contribution >= 0.6 is 0 Å². The van der Waals surface area contributed by atoms with Crippen LogP contribution in [0.2, 0.25) is 0 Å². The third-order valence-electron chi connectivity index (χ3n) is 6.30. The number of hydrogen-bond acceptors (Lipinski definition) is 5. The summed E-state index contributed by atoms with van der Waals surface area (Å²) in [4.78, 5) is 21.6. The molecular formula is C22H29N5O3. The molecule has 1 aromatic carbocycles. The molecule has 2 aromatic rings. The summed E-state index contributed by atoms with van der Waals surface area (Å²) in [6.07, 6.45) is 3.48. The molecule has 1 saturated heterocycles. The number of rotatable bonds is 4. The molecule has 3 aliphatic heterocycles. The Morgan fingerprint density at radius 1 is 1.10 bits per heavy atom. The highest BCUT2D eigenvalue weighted by molar-refractivity contribution is 5.74. The maximum absolute atomic E-state index is 12.7. The monoisotopic (exact) mass is 411 g/mol. The topological polar surface area (TPSA) is 71.9 Å². The number of urea groups is 1. The quantitative estimate of drug-likeness (QED) is 0.836. The number of carbonyl (C=O) groups excluding carboxylic acids is 1. The Kier molecular flexibility index (Phi) is 5.25. The Bertz CT molecular complexity index is 933. The highest BCUT2D eigenvalue weighted by Crippen LogP contribution is 2.32. The van der Waals surface area contributed by atoms with E-state index >= 15 is 0 Å². The second-order valence-corrected chi connectivity index (χ2v) is 8.27. The standard InChI is InChI=1S/C22H29N5O3/c1-16-24-18(19-4-2-3-7-27(16)19)13-23-22(28)26-10-8-25(9-11-26)14-17-5-6-20-21(12-17)30-15-29-20/h5-6,12H,2-4,7-11,13-15H2,1H3,(H,23,28). The van der Waals surface area contributed by atoms with Crippen molar-refractivity contribution in [2.75, 3.05) is 33.0 Å². The zero-order valence-electron chi connectivity index (χ0n) is 17.5. The van der Waals surface area contributed by atoms with Gasteiger partial charge in [0.25, 0.3) is 0 Å². The molecule has 8 heteroatoms. The third kappa shape index (κ3) is 3.84. The predicted molar refractivity (Wildman–Crippen MR) is 112 cm³/mol. The van der Waals surface area contributed by atoms with Crippen LogP contribution in [0.1, 0.15) is 35.6 Å². The first kappa shape index (κ1) is 19.2. The van der Waals surface area contributed by atoms with E-state index in [1.54, 1.807) is 0 Å². The Morgan fingerprint density at radius 3 is 2.80 bits per heavy atom. The molecule has 160 valence electrons. The summed E-state index contributed by atoms with van der Waals surface area (Å²) in [5.41, 5.74) is 3.53. The molecule has 1 fully saturated rings. The highest BCUT2D eigenvalue weighted by atomic mass is 16.7. The van der Waals surface area contributed by atoms with Gasteiger partial charge in [-0.3, -0.25) is 4.90 Å². The van der Waals surface area contributed by atoms with Gasteiger partial charge in [-0.25, -0.2) is 9.78 Å². The lowest BCUT2D eigenvalue weighted by Gasteiger charge is -2.34. The van der Waals surface area contributed by atoms with Crippen molar-refractivity contribution in [2.45, 2.75) is 45.8 Å². The first-order valence-corrected chi connectivity index (χ1v) is 10.9. The number of hydrogen-bond donors (Lipinski definition) is 1. The van der Waals surface area contributed by atoms with Crippen LogP contribution in [0.4, 0.5) is 4.79 Å². The normalized spacial score (nSPS) is 18.4. The molecule has 2 amide bonds. The molecule has 4 heterocycles. The van der Waals surface area contributed by atoms with Crippen LogP contribution in [-0.2, 0) is 26.1 Å². The zero-order valence-corrected chi connectivity index (χ0v) is 17.5. The number of benzene rings is 1. The fourth-order valence-electron chi connectivity index (χ4n) is 4.63. The molecule has 0 atom stereocenters. The van der Waals surface area contributed by atoms with E-state index in [1.165, 1.54) is 24.1 Å². The van der Waals surface area contributed by atoms with Gasteiger partial charge in [-0.2, -0.15) is 0 Å². The maximum atomic E-state index is 12.7. The van der Waals surface area contributed by atoms with Crippen LogP contribution in [0.25, 0.3) is 0 Å². The van der Waals surface area contributed by atoms with Crippen molar-refractivity contribution in [1.29, 1.82) is 0 Å². The molecule has 0 spiro atoms. The molecule has 3 aliphatic rings. The summed E-state index contributed by atoms with van der Waals surface area (Å²) >= 11 is 0. The summed E-state index contributed by atoms with van der Waals surface area (Å²) in [6, 6.07) is 6.11. The third-order valence-corrected chi connectivity index (χ3v) is 6.30. The minimum absolute atomic E-state index is 0.00735. The lowest BCUT2D eigenvalue weighted by atomic mass is 10.1. The average molecular weight is 412 g/mol. The Labute approximate surface area is 176 Å². The van der Waals surface area contributed by atoms with Gasteiger partial charge in [0.1, 0.15) is 5.82 Å². The minimum atomic E-state index is 0.00735. The number of aryl methyl sites for hydroxylation is 1. The van der Waals surface area contributed by atoms with Gasteiger partial charge >= 0.3 is 6.03 Å². The van der Waals surface area contributed by atoms with Gasteiger partial charge in [0.2, 0.25) is 6.79 Å². The number of fused-ring (bicyclic) bond motifs is 2. The van der Waals surface area contributed by atoms with Gasteiger partial charge in [-0.15, -0.1) is 0 Å². The number of piperazine rings is 1. The van der Waals surface area contributed by atoms with E-state index in [0.717, 1.165) is 68.7 Å². The van der Waals surface area contributed by atoms with E-state index in [2.05, 4.69) is 33.8 Å². The zero-order chi connectivity index (χ0) is 20.5. The summed E-state index contributed by atoms with van der Waals surface area (Å²) in [7, 11) is 0. The number of amides is 2. The predicted octanol–water partition coefficient (Wildman–Crippen LogP) is 2.28. The van der Waals surface area contributed by atoms with Crippen LogP contribution in [-0.4, -0.2) is 58.4 Å². The number of nitrogens with zero attached hydrogens (tertiary/aromatic N) is 4. The SMILES string of the molecule is Cc1nc(CNC(=O)N2CCN(Cc3ccc4c(c3)OCO4)CC2)c2n1CCCC2. The van der Waals surface area contributed by atoms with Crippen molar-refractivity contribution in [1.82, 2.24) is 24.7 Å². The van der Waals surface area contributed by atoms with Gasteiger partial charge in [-0.1, -0.05) is 6.07 Å². The molecule has 0 aliphatic carbocycles. The van der Waals surface area contributed by atoms with Gasteiger partial charge in [0.05, 0.1) is 12.2 Å². The second-order valence-electron chi connectivity index (χ2n) is 8.27. The van der Waals surface area contributed by atoms with Crippen LogP contribution in [0.5, 0.6) is 11.5 Å². The largest absolute Gasteiger partial charge is 0.454 e. The molecule has 0 radical (unpaired) electrons. The van der Waals surface area contributed by atoms with E-state index in [4.69, 9.17) is 14.5 Å². The number of aromatic nitrogens is 2. The van der Waals surface area contributed by atoms with Crippen molar-refractivity contribution in [3.05, 3.63) is 41.0 Å². The average Bonchev–Trinajstić information content (AvgIpc) is 3.37. The maximum Gasteiger partial charge on any atom is 0.317 e. The molecule has 0 saturated carbocycles. The highest BCUT2D eigenvalue weighted by Gasteiger charge is 2.23. The Hall–Kier alpha value is -2.74. The summed E-state index contributed by atoms with van der Waals surface area (Å²) in [5, 5.41) is 3.09. The van der Waals surface area contributed by atoms with Gasteiger partial charge in [0, 0.05) is 45.0 Å². The fraction of sp³-hybridized carbons (Fsp3) is 0.545. The van der Waals surface area contributed by atoms with Crippen molar-refractivity contribution >= 4 is 6.03 Å². The van der Waals surface area contributed by atoms with Crippen molar-refractivity contribution in [3.63, 3.8) is 0 Å². The van der Waals surface area contributed by atoms with Gasteiger partial charge in [-0.05, 0) is 43.9 Å². The molecule has 0 bridgehead atoms. The smallest absolute Gasteiger partial charge is 0.317 e. The molecular weight excluding hydrogens is 382 g/mol. The van der Waals surface area contributed by atoms with Crippen LogP contribution in [0.15, 0.2) is 18.2 Å². The molecule has 1 aromatic heterocycles. The van der Waals surface area contributed by atoms with E-state index in [1.807, 2.05) is 11.0 Å².